The Hall–Kier alpha value is -0.120. The van der Waals surface area contributed by atoms with Gasteiger partial charge in [0.25, 0.3) is 0 Å². The van der Waals surface area contributed by atoms with Gasteiger partial charge in [0.1, 0.15) is 0 Å². The molecule has 112 valence electrons. The first-order valence-corrected chi connectivity index (χ1v) is 8.01. The van der Waals surface area contributed by atoms with Crippen LogP contribution in [0.5, 0.6) is 0 Å². The predicted molar refractivity (Wildman–Crippen MR) is 77.9 cm³/mol. The normalized spacial score (nSPS) is 40.6. The number of rotatable bonds is 4. The van der Waals surface area contributed by atoms with E-state index in [2.05, 4.69) is 13.8 Å². The third-order valence-electron chi connectivity index (χ3n) is 5.33. The number of hydrogen-bond acceptors (Lipinski definition) is 3. The van der Waals surface area contributed by atoms with Gasteiger partial charge in [-0.15, -0.1) is 0 Å². The minimum Gasteiger partial charge on any atom is -0.389 e. The van der Waals surface area contributed by atoms with Crippen molar-refractivity contribution in [2.24, 2.45) is 23.0 Å². The first kappa shape index (κ1) is 15.3. The van der Waals surface area contributed by atoms with Crippen LogP contribution in [0.2, 0.25) is 0 Å². The molecule has 1 saturated heterocycles. The molecular weight excluding hydrogens is 238 g/mol. The molecule has 19 heavy (non-hydrogen) atoms. The first-order valence-electron chi connectivity index (χ1n) is 8.01. The summed E-state index contributed by atoms with van der Waals surface area (Å²) in [6, 6.07) is 0. The zero-order valence-electron chi connectivity index (χ0n) is 12.7. The molecular formula is C16H31NO2. The lowest BCUT2D eigenvalue weighted by Crippen LogP contribution is -2.58. The van der Waals surface area contributed by atoms with Crippen molar-refractivity contribution in [3.8, 4) is 0 Å². The van der Waals surface area contributed by atoms with Gasteiger partial charge in [0.05, 0.1) is 12.2 Å². The van der Waals surface area contributed by atoms with Crippen molar-refractivity contribution in [1.82, 2.24) is 0 Å². The second-order valence-corrected chi connectivity index (χ2v) is 7.26. The molecule has 1 saturated carbocycles. The average molecular weight is 269 g/mol. The van der Waals surface area contributed by atoms with E-state index in [0.29, 0.717) is 25.0 Å². The maximum Gasteiger partial charge on any atom is 0.0740 e. The summed E-state index contributed by atoms with van der Waals surface area (Å²) in [5.41, 5.74) is 5.27. The van der Waals surface area contributed by atoms with E-state index in [4.69, 9.17) is 10.5 Å². The van der Waals surface area contributed by atoms with E-state index in [1.54, 1.807) is 0 Å². The average Bonchev–Trinajstić information content (AvgIpc) is 2.38. The van der Waals surface area contributed by atoms with Crippen LogP contribution in [0.3, 0.4) is 0 Å². The summed E-state index contributed by atoms with van der Waals surface area (Å²) in [7, 11) is 0. The zero-order chi connectivity index (χ0) is 13.9. The third-order valence-corrected chi connectivity index (χ3v) is 5.33. The molecule has 0 amide bonds. The molecule has 0 radical (unpaired) electrons. The van der Waals surface area contributed by atoms with Gasteiger partial charge in [0.15, 0.2) is 0 Å². The molecule has 0 bridgehead atoms. The highest BCUT2D eigenvalue weighted by Crippen LogP contribution is 2.49. The summed E-state index contributed by atoms with van der Waals surface area (Å²) >= 11 is 0. The smallest absolute Gasteiger partial charge is 0.0740 e. The van der Waals surface area contributed by atoms with Crippen LogP contribution in [0.4, 0.5) is 0 Å². The monoisotopic (exact) mass is 269 g/mol. The maximum absolute atomic E-state index is 11.3. The molecule has 3 unspecified atom stereocenters. The second kappa shape index (κ2) is 6.11. The van der Waals surface area contributed by atoms with E-state index < -0.39 is 5.60 Å². The summed E-state index contributed by atoms with van der Waals surface area (Å²) in [6.45, 7) is 6.58. The van der Waals surface area contributed by atoms with E-state index >= 15 is 0 Å². The van der Waals surface area contributed by atoms with E-state index in [0.717, 1.165) is 38.7 Å². The summed E-state index contributed by atoms with van der Waals surface area (Å²) in [6.07, 6.45) is 7.51. The van der Waals surface area contributed by atoms with Crippen LogP contribution in [-0.4, -0.2) is 30.5 Å². The minimum atomic E-state index is -0.597. The third kappa shape index (κ3) is 3.14. The standard InChI is InChI=1S/C16H31NO2/c1-13(2)9-14-5-3-7-16(18,10-14)15(11-17)6-4-8-19-12-15/h13-14,18H,3-12,17H2,1-2H3. The van der Waals surface area contributed by atoms with Crippen LogP contribution in [0, 0.1) is 17.3 Å². The molecule has 1 aliphatic carbocycles. The Labute approximate surface area is 117 Å². The highest BCUT2D eigenvalue weighted by atomic mass is 16.5. The Balaban J connectivity index is 2.10. The van der Waals surface area contributed by atoms with Crippen LogP contribution in [0.15, 0.2) is 0 Å². The number of hydrogen-bond donors (Lipinski definition) is 2. The van der Waals surface area contributed by atoms with Gasteiger partial charge in [-0.3, -0.25) is 0 Å². The number of ether oxygens (including phenoxy) is 1. The summed E-state index contributed by atoms with van der Waals surface area (Å²) < 4.78 is 5.67. The van der Waals surface area contributed by atoms with Gasteiger partial charge in [-0.05, 0) is 43.9 Å². The Morgan fingerprint density at radius 2 is 2.11 bits per heavy atom. The van der Waals surface area contributed by atoms with Crippen molar-refractivity contribution < 1.29 is 9.84 Å². The lowest BCUT2D eigenvalue weighted by molar-refractivity contribution is -0.167. The molecule has 2 aliphatic rings. The topological polar surface area (TPSA) is 55.5 Å². The molecule has 3 atom stereocenters. The van der Waals surface area contributed by atoms with Gasteiger partial charge < -0.3 is 15.6 Å². The fraction of sp³-hybridized carbons (Fsp3) is 1.00. The molecule has 1 heterocycles. The van der Waals surface area contributed by atoms with Gasteiger partial charge in [0, 0.05) is 18.6 Å². The first-order chi connectivity index (χ1) is 9.01. The molecule has 2 rings (SSSR count). The molecule has 0 spiro atoms. The molecule has 0 aromatic heterocycles. The predicted octanol–water partition coefficient (Wildman–Crippen LogP) is 2.71. The fourth-order valence-electron chi connectivity index (χ4n) is 4.28. The van der Waals surface area contributed by atoms with Gasteiger partial charge >= 0.3 is 0 Å². The van der Waals surface area contributed by atoms with E-state index in [1.807, 2.05) is 0 Å². The highest BCUT2D eigenvalue weighted by Gasteiger charge is 2.52. The SMILES string of the molecule is CC(C)CC1CCCC(O)(C2(CN)CCCOC2)C1. The van der Waals surface area contributed by atoms with E-state index in [9.17, 15) is 5.11 Å². The molecule has 2 fully saturated rings. The van der Waals surface area contributed by atoms with Crippen LogP contribution < -0.4 is 5.73 Å². The van der Waals surface area contributed by atoms with Crippen LogP contribution in [-0.2, 0) is 4.74 Å². The Kier molecular flexibility index (Phi) is 4.91. The molecule has 3 heteroatoms. The van der Waals surface area contributed by atoms with Crippen molar-refractivity contribution in [2.45, 2.75) is 64.4 Å². The van der Waals surface area contributed by atoms with Crippen LogP contribution in [0.1, 0.15) is 58.8 Å². The van der Waals surface area contributed by atoms with Crippen molar-refractivity contribution in [2.75, 3.05) is 19.8 Å². The largest absolute Gasteiger partial charge is 0.389 e. The summed E-state index contributed by atoms with van der Waals surface area (Å²) in [5.74, 6) is 1.37. The lowest BCUT2D eigenvalue weighted by Gasteiger charge is -2.52. The minimum absolute atomic E-state index is 0.194. The summed E-state index contributed by atoms with van der Waals surface area (Å²) in [4.78, 5) is 0. The second-order valence-electron chi connectivity index (χ2n) is 7.26. The lowest BCUT2D eigenvalue weighted by atomic mass is 9.60. The summed E-state index contributed by atoms with van der Waals surface area (Å²) in [5, 5.41) is 11.3. The van der Waals surface area contributed by atoms with Crippen LogP contribution >= 0.6 is 0 Å². The molecule has 1 aliphatic heterocycles. The maximum atomic E-state index is 11.3. The molecule has 3 N–H and O–H groups in total. The van der Waals surface area contributed by atoms with Gasteiger partial charge in [-0.25, -0.2) is 0 Å². The molecule has 0 aromatic rings. The van der Waals surface area contributed by atoms with E-state index in [1.165, 1.54) is 12.8 Å². The molecule has 3 nitrogen and oxygen atoms in total. The van der Waals surface area contributed by atoms with Crippen molar-refractivity contribution in [3.63, 3.8) is 0 Å². The van der Waals surface area contributed by atoms with E-state index in [-0.39, 0.29) is 5.41 Å². The highest BCUT2D eigenvalue weighted by molar-refractivity contribution is 5.03. The van der Waals surface area contributed by atoms with Crippen LogP contribution in [0.25, 0.3) is 0 Å². The fourth-order valence-corrected chi connectivity index (χ4v) is 4.28. The quantitative estimate of drug-likeness (QED) is 0.825. The Morgan fingerprint density at radius 3 is 2.68 bits per heavy atom. The van der Waals surface area contributed by atoms with Gasteiger partial charge in [0.2, 0.25) is 0 Å². The molecule has 0 aromatic carbocycles. The zero-order valence-corrected chi connectivity index (χ0v) is 12.7. The number of aliphatic hydroxyl groups is 1. The Bertz CT molecular complexity index is 286. The van der Waals surface area contributed by atoms with Gasteiger partial charge in [-0.1, -0.05) is 26.7 Å². The van der Waals surface area contributed by atoms with Gasteiger partial charge in [-0.2, -0.15) is 0 Å². The van der Waals surface area contributed by atoms with Crippen molar-refractivity contribution >= 4 is 0 Å². The van der Waals surface area contributed by atoms with Crippen molar-refractivity contribution in [3.05, 3.63) is 0 Å². The Morgan fingerprint density at radius 1 is 1.32 bits per heavy atom. The number of nitrogens with two attached hydrogens (primary N) is 1. The van der Waals surface area contributed by atoms with Crippen molar-refractivity contribution in [1.29, 1.82) is 0 Å².